The summed E-state index contributed by atoms with van der Waals surface area (Å²) in [7, 11) is 0. The van der Waals surface area contributed by atoms with Gasteiger partial charge in [0, 0.05) is 22.0 Å². The van der Waals surface area contributed by atoms with E-state index < -0.39 is 0 Å². The van der Waals surface area contributed by atoms with Crippen LogP contribution in [0.15, 0.2) is 121 Å². The van der Waals surface area contributed by atoms with Crippen molar-refractivity contribution in [1.29, 1.82) is 0 Å². The van der Waals surface area contributed by atoms with Crippen molar-refractivity contribution in [1.82, 2.24) is 4.57 Å². The molecule has 0 radical (unpaired) electrons. The van der Waals surface area contributed by atoms with Gasteiger partial charge in [0.25, 0.3) is 0 Å². The Balaban J connectivity index is 1.77. The number of aryl methyl sites for hydroxylation is 1. The summed E-state index contributed by atoms with van der Waals surface area (Å²) in [5.41, 5.74) is 10.0. The molecule has 1 heterocycles. The molecule has 1 nitrogen and oxygen atoms in total. The van der Waals surface area contributed by atoms with Gasteiger partial charge in [-0.25, -0.2) is 0 Å². The second kappa shape index (κ2) is 7.55. The van der Waals surface area contributed by atoms with Crippen LogP contribution < -0.4 is 0 Å². The largest absolute Gasteiger partial charge is 0.309 e. The highest BCUT2D eigenvalue weighted by molar-refractivity contribution is 6.14. The first-order valence-electron chi connectivity index (χ1n) is 11.1. The highest BCUT2D eigenvalue weighted by Gasteiger charge is 2.18. The molecular formula is C31H23N. The third-order valence-electron chi connectivity index (χ3n) is 6.33. The van der Waals surface area contributed by atoms with Crippen LogP contribution in [0.1, 0.15) is 5.56 Å². The van der Waals surface area contributed by atoms with E-state index >= 15 is 0 Å². The molecule has 0 bridgehead atoms. The zero-order chi connectivity index (χ0) is 21.5. The van der Waals surface area contributed by atoms with E-state index in [0.717, 1.165) is 0 Å². The maximum Gasteiger partial charge on any atom is 0.0619 e. The topological polar surface area (TPSA) is 4.93 Å². The van der Waals surface area contributed by atoms with E-state index in [9.17, 15) is 0 Å². The molecule has 152 valence electrons. The highest BCUT2D eigenvalue weighted by atomic mass is 15.0. The summed E-state index contributed by atoms with van der Waals surface area (Å²) in [6.07, 6.45) is 0. The number of aromatic nitrogens is 1. The SMILES string of the molecule is Cc1cccc(-c2cccc3c4ccccc4n(-c4ccccc4)c23)c1-c1ccccc1. The molecule has 0 aliphatic rings. The van der Waals surface area contributed by atoms with Crippen LogP contribution in [-0.2, 0) is 0 Å². The summed E-state index contributed by atoms with van der Waals surface area (Å²) in [4.78, 5) is 0. The Bertz CT molecular complexity index is 1560. The Morgan fingerprint density at radius 1 is 0.500 bits per heavy atom. The van der Waals surface area contributed by atoms with Crippen LogP contribution in [0, 0.1) is 6.92 Å². The first-order valence-corrected chi connectivity index (χ1v) is 11.1. The first kappa shape index (κ1) is 18.7. The van der Waals surface area contributed by atoms with Gasteiger partial charge in [0.1, 0.15) is 0 Å². The van der Waals surface area contributed by atoms with Gasteiger partial charge in [-0.15, -0.1) is 0 Å². The van der Waals surface area contributed by atoms with Crippen molar-refractivity contribution in [2.75, 3.05) is 0 Å². The van der Waals surface area contributed by atoms with Crippen molar-refractivity contribution in [2.45, 2.75) is 6.92 Å². The minimum absolute atomic E-state index is 1.18. The quantitative estimate of drug-likeness (QED) is 0.276. The molecule has 1 heteroatoms. The van der Waals surface area contributed by atoms with Gasteiger partial charge >= 0.3 is 0 Å². The second-order valence-electron chi connectivity index (χ2n) is 8.25. The van der Waals surface area contributed by atoms with Crippen LogP contribution in [-0.4, -0.2) is 4.57 Å². The number of hydrogen-bond donors (Lipinski definition) is 0. The molecule has 0 aliphatic carbocycles. The van der Waals surface area contributed by atoms with E-state index in [-0.39, 0.29) is 0 Å². The lowest BCUT2D eigenvalue weighted by molar-refractivity contribution is 1.18. The molecule has 0 saturated carbocycles. The summed E-state index contributed by atoms with van der Waals surface area (Å²) in [5.74, 6) is 0. The van der Waals surface area contributed by atoms with E-state index in [0.29, 0.717) is 0 Å². The Hall–Kier alpha value is -4.10. The standard InChI is InChI=1S/C31H23N/c1-22-12-10-18-26(30(22)23-13-4-2-5-14-23)28-20-11-19-27-25-17-8-9-21-29(25)32(31(27)28)24-15-6-3-7-16-24/h2-21H,1H3. The van der Waals surface area contributed by atoms with Crippen LogP contribution >= 0.6 is 0 Å². The molecule has 6 aromatic rings. The summed E-state index contributed by atoms with van der Waals surface area (Å²) in [5, 5.41) is 2.56. The monoisotopic (exact) mass is 409 g/mol. The molecule has 0 fully saturated rings. The van der Waals surface area contributed by atoms with Crippen molar-refractivity contribution < 1.29 is 0 Å². The lowest BCUT2D eigenvalue weighted by atomic mass is 9.90. The first-order chi connectivity index (χ1) is 15.8. The van der Waals surface area contributed by atoms with Crippen molar-refractivity contribution in [2.24, 2.45) is 0 Å². The normalized spacial score (nSPS) is 11.3. The molecule has 0 N–H and O–H groups in total. The van der Waals surface area contributed by atoms with Crippen LogP contribution in [0.5, 0.6) is 0 Å². The maximum atomic E-state index is 2.41. The number of nitrogens with zero attached hydrogens (tertiary/aromatic N) is 1. The van der Waals surface area contributed by atoms with E-state index in [1.807, 2.05) is 0 Å². The Morgan fingerprint density at radius 3 is 1.94 bits per heavy atom. The Morgan fingerprint density at radius 2 is 1.12 bits per heavy atom. The molecule has 1 aromatic heterocycles. The number of rotatable bonds is 3. The molecule has 5 aromatic carbocycles. The minimum Gasteiger partial charge on any atom is -0.309 e. The van der Waals surface area contributed by atoms with E-state index in [1.165, 1.54) is 55.3 Å². The number of fused-ring (bicyclic) bond motifs is 3. The van der Waals surface area contributed by atoms with Crippen molar-refractivity contribution in [3.63, 3.8) is 0 Å². The lowest BCUT2D eigenvalue weighted by Crippen LogP contribution is -1.96. The average Bonchev–Trinajstić information content (AvgIpc) is 3.20. The third-order valence-corrected chi connectivity index (χ3v) is 6.33. The fourth-order valence-electron chi connectivity index (χ4n) is 4.96. The van der Waals surface area contributed by atoms with Gasteiger partial charge in [-0.05, 0) is 47.4 Å². The zero-order valence-electron chi connectivity index (χ0n) is 18.0. The van der Waals surface area contributed by atoms with Gasteiger partial charge < -0.3 is 4.57 Å². The van der Waals surface area contributed by atoms with E-state index in [2.05, 4.69) is 133 Å². The Kier molecular flexibility index (Phi) is 4.40. The lowest BCUT2D eigenvalue weighted by Gasteiger charge is -2.16. The van der Waals surface area contributed by atoms with Gasteiger partial charge in [-0.3, -0.25) is 0 Å². The van der Waals surface area contributed by atoms with Gasteiger partial charge in [0.15, 0.2) is 0 Å². The van der Waals surface area contributed by atoms with Crippen molar-refractivity contribution >= 4 is 21.8 Å². The fourth-order valence-corrected chi connectivity index (χ4v) is 4.96. The van der Waals surface area contributed by atoms with Crippen molar-refractivity contribution in [3.05, 3.63) is 127 Å². The maximum absolute atomic E-state index is 2.41. The van der Waals surface area contributed by atoms with Crippen LogP contribution in [0.2, 0.25) is 0 Å². The minimum atomic E-state index is 1.18. The van der Waals surface area contributed by atoms with E-state index in [4.69, 9.17) is 0 Å². The smallest absolute Gasteiger partial charge is 0.0619 e. The molecule has 0 atom stereocenters. The molecule has 0 unspecified atom stereocenters. The highest BCUT2D eigenvalue weighted by Crippen LogP contribution is 2.42. The summed E-state index contributed by atoms with van der Waals surface area (Å²) in [6.45, 7) is 2.21. The molecule has 0 aliphatic heterocycles. The molecule has 0 saturated heterocycles. The van der Waals surface area contributed by atoms with Crippen molar-refractivity contribution in [3.8, 4) is 27.9 Å². The predicted octanol–water partition coefficient (Wildman–Crippen LogP) is 8.43. The summed E-state index contributed by atoms with van der Waals surface area (Å²) in [6, 6.07) is 43.5. The van der Waals surface area contributed by atoms with Gasteiger partial charge in [0.05, 0.1) is 11.0 Å². The van der Waals surface area contributed by atoms with E-state index in [1.54, 1.807) is 0 Å². The summed E-state index contributed by atoms with van der Waals surface area (Å²) < 4.78 is 2.41. The fraction of sp³-hybridized carbons (Fsp3) is 0.0323. The number of hydrogen-bond acceptors (Lipinski definition) is 0. The molecule has 6 rings (SSSR count). The molecule has 0 spiro atoms. The van der Waals surface area contributed by atoms with Gasteiger partial charge in [0.2, 0.25) is 0 Å². The van der Waals surface area contributed by atoms with Gasteiger partial charge in [-0.2, -0.15) is 0 Å². The number of para-hydroxylation sites is 3. The van der Waals surface area contributed by atoms with Crippen LogP contribution in [0.4, 0.5) is 0 Å². The molecule has 32 heavy (non-hydrogen) atoms. The predicted molar refractivity (Wildman–Crippen MR) is 136 cm³/mol. The molecular weight excluding hydrogens is 386 g/mol. The van der Waals surface area contributed by atoms with Gasteiger partial charge in [-0.1, -0.05) is 103 Å². The second-order valence-corrected chi connectivity index (χ2v) is 8.25. The van der Waals surface area contributed by atoms with Crippen LogP contribution in [0.25, 0.3) is 49.7 Å². The zero-order valence-corrected chi connectivity index (χ0v) is 18.0. The number of benzene rings is 5. The van der Waals surface area contributed by atoms with Crippen LogP contribution in [0.3, 0.4) is 0 Å². The molecule has 0 amide bonds. The summed E-state index contributed by atoms with van der Waals surface area (Å²) >= 11 is 0. The average molecular weight is 410 g/mol. The third kappa shape index (κ3) is 2.86. The Labute approximate surface area is 188 Å².